The van der Waals surface area contributed by atoms with Crippen molar-refractivity contribution < 1.29 is 8.42 Å². The van der Waals surface area contributed by atoms with Crippen LogP contribution in [0.15, 0.2) is 23.7 Å². The summed E-state index contributed by atoms with van der Waals surface area (Å²) in [4.78, 5) is 4.41. The number of aromatic nitrogens is 1. The highest BCUT2D eigenvalue weighted by Gasteiger charge is 2.28. The quantitative estimate of drug-likeness (QED) is 0.917. The number of nitrogens with zero attached hydrogens (tertiary/aromatic N) is 1. The van der Waals surface area contributed by atoms with E-state index in [1.807, 2.05) is 24.6 Å². The molecule has 0 aliphatic rings. The number of hydrogen-bond donors (Lipinski definition) is 1. The van der Waals surface area contributed by atoms with Crippen LogP contribution < -0.4 is 5.32 Å². The average molecular weight is 326 g/mol. The van der Waals surface area contributed by atoms with E-state index in [1.54, 1.807) is 32.1 Å². The SMILES string of the molecule is C[C@H](NCCS(=O)(=O)C(C)(C)C)c1cnc2ccsc2c1. The maximum Gasteiger partial charge on any atom is 0.156 e. The second kappa shape index (κ2) is 6.02. The Bertz CT molecular complexity index is 715. The third-order valence-corrected chi connectivity index (χ3v) is 7.04. The number of thiophene rings is 1. The molecule has 0 spiro atoms. The Hall–Kier alpha value is -0.980. The molecule has 2 heterocycles. The second-order valence-corrected chi connectivity index (χ2v) is 9.99. The van der Waals surface area contributed by atoms with Gasteiger partial charge in [0, 0.05) is 18.8 Å². The Balaban J connectivity index is 1.97. The molecule has 0 amide bonds. The molecule has 21 heavy (non-hydrogen) atoms. The third-order valence-electron chi connectivity index (χ3n) is 3.58. The fourth-order valence-corrected chi connectivity index (χ4v) is 3.72. The van der Waals surface area contributed by atoms with Gasteiger partial charge in [0.25, 0.3) is 0 Å². The molecule has 1 N–H and O–H groups in total. The van der Waals surface area contributed by atoms with Crippen LogP contribution in [0.5, 0.6) is 0 Å². The molecule has 0 fully saturated rings. The summed E-state index contributed by atoms with van der Waals surface area (Å²) in [5.74, 6) is 0.148. The van der Waals surface area contributed by atoms with Crippen LogP contribution in [0, 0.1) is 0 Å². The molecule has 116 valence electrons. The van der Waals surface area contributed by atoms with Crippen LogP contribution >= 0.6 is 11.3 Å². The normalized spacial score (nSPS) is 14.5. The Morgan fingerprint density at radius 2 is 2.10 bits per heavy atom. The smallest absolute Gasteiger partial charge is 0.156 e. The third kappa shape index (κ3) is 3.81. The van der Waals surface area contributed by atoms with E-state index >= 15 is 0 Å². The van der Waals surface area contributed by atoms with Crippen molar-refractivity contribution in [3.05, 3.63) is 29.3 Å². The van der Waals surface area contributed by atoms with Crippen LogP contribution in [0.4, 0.5) is 0 Å². The molecule has 0 aromatic carbocycles. The Morgan fingerprint density at radius 3 is 2.76 bits per heavy atom. The lowest BCUT2D eigenvalue weighted by atomic mass is 10.1. The van der Waals surface area contributed by atoms with Crippen LogP contribution in [0.2, 0.25) is 0 Å². The van der Waals surface area contributed by atoms with Crippen LogP contribution in [0.1, 0.15) is 39.3 Å². The molecular formula is C15H22N2O2S2. The predicted octanol–water partition coefficient (Wildman–Crippen LogP) is 3.16. The summed E-state index contributed by atoms with van der Waals surface area (Å²) in [6.45, 7) is 7.69. The van der Waals surface area contributed by atoms with Gasteiger partial charge in [-0.3, -0.25) is 4.98 Å². The van der Waals surface area contributed by atoms with Crippen molar-refractivity contribution in [2.24, 2.45) is 0 Å². The molecule has 2 aromatic rings. The van der Waals surface area contributed by atoms with Crippen LogP contribution in [-0.4, -0.2) is 30.4 Å². The molecule has 0 unspecified atom stereocenters. The van der Waals surface area contributed by atoms with E-state index in [4.69, 9.17) is 0 Å². The van der Waals surface area contributed by atoms with E-state index in [1.165, 1.54) is 0 Å². The number of pyridine rings is 1. The minimum Gasteiger partial charge on any atom is -0.309 e. The molecule has 0 radical (unpaired) electrons. The Labute approximate surface area is 130 Å². The van der Waals surface area contributed by atoms with Crippen LogP contribution in [0.25, 0.3) is 10.2 Å². The number of fused-ring (bicyclic) bond motifs is 1. The summed E-state index contributed by atoms with van der Waals surface area (Å²) in [7, 11) is -3.08. The zero-order valence-electron chi connectivity index (χ0n) is 12.9. The Kier molecular flexibility index (Phi) is 4.70. The lowest BCUT2D eigenvalue weighted by Gasteiger charge is -2.20. The fourth-order valence-electron chi connectivity index (χ4n) is 1.93. The average Bonchev–Trinajstić information content (AvgIpc) is 2.84. The monoisotopic (exact) mass is 326 g/mol. The minimum atomic E-state index is -3.08. The summed E-state index contributed by atoms with van der Waals surface area (Å²) in [5.41, 5.74) is 2.09. The van der Waals surface area contributed by atoms with Crippen LogP contribution in [0.3, 0.4) is 0 Å². The highest BCUT2D eigenvalue weighted by atomic mass is 32.2. The molecule has 0 saturated carbocycles. The van der Waals surface area contributed by atoms with Gasteiger partial charge in [0.15, 0.2) is 9.84 Å². The van der Waals surface area contributed by atoms with Gasteiger partial charge in [-0.05, 0) is 50.8 Å². The van der Waals surface area contributed by atoms with Gasteiger partial charge < -0.3 is 5.32 Å². The molecule has 0 aliphatic heterocycles. The highest BCUT2D eigenvalue weighted by molar-refractivity contribution is 7.92. The van der Waals surface area contributed by atoms with Gasteiger partial charge in [-0.25, -0.2) is 8.42 Å². The van der Waals surface area contributed by atoms with Gasteiger partial charge in [-0.2, -0.15) is 0 Å². The summed E-state index contributed by atoms with van der Waals surface area (Å²) < 4.78 is 24.6. The molecule has 0 bridgehead atoms. The first-order chi connectivity index (χ1) is 9.71. The van der Waals surface area contributed by atoms with E-state index < -0.39 is 14.6 Å². The first-order valence-corrected chi connectivity index (χ1v) is 9.53. The van der Waals surface area contributed by atoms with Gasteiger partial charge in [0.1, 0.15) is 0 Å². The maximum atomic E-state index is 12.1. The molecule has 2 rings (SSSR count). The first kappa shape index (κ1) is 16.4. The van der Waals surface area contributed by atoms with Gasteiger partial charge >= 0.3 is 0 Å². The lowest BCUT2D eigenvalue weighted by Crippen LogP contribution is -2.35. The van der Waals surface area contributed by atoms with E-state index in [9.17, 15) is 8.42 Å². The first-order valence-electron chi connectivity index (χ1n) is 6.99. The molecule has 0 aliphatic carbocycles. The molecule has 6 heteroatoms. The summed E-state index contributed by atoms with van der Waals surface area (Å²) in [5, 5.41) is 5.29. The minimum absolute atomic E-state index is 0.0826. The van der Waals surface area contributed by atoms with Crippen molar-refractivity contribution >= 4 is 31.4 Å². The summed E-state index contributed by atoms with van der Waals surface area (Å²) in [6.07, 6.45) is 1.85. The van der Waals surface area contributed by atoms with Crippen molar-refractivity contribution in [1.29, 1.82) is 0 Å². The van der Waals surface area contributed by atoms with Gasteiger partial charge in [0.2, 0.25) is 0 Å². The molecule has 2 aromatic heterocycles. The summed E-state index contributed by atoms with van der Waals surface area (Å²) >= 11 is 1.66. The Morgan fingerprint density at radius 1 is 1.38 bits per heavy atom. The van der Waals surface area contributed by atoms with E-state index in [2.05, 4.69) is 16.4 Å². The zero-order valence-corrected chi connectivity index (χ0v) is 14.5. The van der Waals surface area contributed by atoms with Gasteiger partial charge in [-0.15, -0.1) is 11.3 Å². The number of nitrogens with one attached hydrogen (secondary N) is 1. The van der Waals surface area contributed by atoms with Crippen molar-refractivity contribution in [3.8, 4) is 0 Å². The lowest BCUT2D eigenvalue weighted by molar-refractivity contribution is 0.546. The number of hydrogen-bond acceptors (Lipinski definition) is 5. The van der Waals surface area contributed by atoms with Crippen LogP contribution in [-0.2, 0) is 9.84 Å². The molecule has 4 nitrogen and oxygen atoms in total. The summed E-state index contributed by atoms with van der Waals surface area (Å²) in [6, 6.07) is 4.19. The largest absolute Gasteiger partial charge is 0.309 e. The standard InChI is InChI=1S/C15H22N2O2S2/c1-11(16-6-8-21(18,19)15(2,3)4)12-9-14-13(17-10-12)5-7-20-14/h5,7,9-11,16H,6,8H2,1-4H3/t11-/m0/s1. The fraction of sp³-hybridized carbons (Fsp3) is 0.533. The van der Waals surface area contributed by atoms with Crippen molar-refractivity contribution in [3.63, 3.8) is 0 Å². The van der Waals surface area contributed by atoms with Crippen molar-refractivity contribution in [1.82, 2.24) is 10.3 Å². The van der Waals surface area contributed by atoms with Crippen molar-refractivity contribution in [2.45, 2.75) is 38.5 Å². The second-order valence-electron chi connectivity index (χ2n) is 6.18. The topological polar surface area (TPSA) is 59.1 Å². The van der Waals surface area contributed by atoms with E-state index in [-0.39, 0.29) is 11.8 Å². The molecular weight excluding hydrogens is 304 g/mol. The highest BCUT2D eigenvalue weighted by Crippen LogP contribution is 2.22. The van der Waals surface area contributed by atoms with E-state index in [0.717, 1.165) is 15.8 Å². The predicted molar refractivity (Wildman–Crippen MR) is 89.6 cm³/mol. The molecule has 0 saturated heterocycles. The number of rotatable bonds is 5. The molecule has 1 atom stereocenters. The van der Waals surface area contributed by atoms with E-state index in [0.29, 0.717) is 6.54 Å². The van der Waals surface area contributed by atoms with Crippen molar-refractivity contribution in [2.75, 3.05) is 12.3 Å². The number of sulfone groups is 1. The van der Waals surface area contributed by atoms with Gasteiger partial charge in [-0.1, -0.05) is 0 Å². The maximum absolute atomic E-state index is 12.1. The van der Waals surface area contributed by atoms with Gasteiger partial charge in [0.05, 0.1) is 20.7 Å². The zero-order chi connectivity index (χ0) is 15.7.